The number of methoxy groups -OCH3 is 1. The molecule has 5 heteroatoms. The van der Waals surface area contributed by atoms with Crippen LogP contribution in [0.25, 0.3) is 0 Å². The Morgan fingerprint density at radius 1 is 1.33 bits per heavy atom. The fraction of sp³-hybridized carbons (Fsp3) is 0.600. The van der Waals surface area contributed by atoms with E-state index in [1.54, 1.807) is 0 Å². The molecule has 0 amide bonds. The molecule has 2 N–H and O–H groups in total. The highest BCUT2D eigenvalue weighted by Gasteiger charge is 2.19. The monoisotopic (exact) mass is 216 g/mol. The molecule has 0 aromatic rings. The van der Waals surface area contributed by atoms with Crippen molar-refractivity contribution in [2.75, 3.05) is 7.11 Å². The largest absolute Gasteiger partial charge is 0.478 e. The minimum atomic E-state index is -1.25. The van der Waals surface area contributed by atoms with Crippen molar-refractivity contribution in [3.05, 3.63) is 11.6 Å². The number of carboxylic acids is 2. The maximum atomic E-state index is 10.7. The molecule has 0 heterocycles. The second-order valence-electron chi connectivity index (χ2n) is 3.78. The van der Waals surface area contributed by atoms with Gasteiger partial charge in [-0.3, -0.25) is 0 Å². The van der Waals surface area contributed by atoms with Crippen LogP contribution in [-0.2, 0) is 14.3 Å². The topological polar surface area (TPSA) is 83.8 Å². The van der Waals surface area contributed by atoms with E-state index in [1.807, 2.05) is 13.8 Å². The summed E-state index contributed by atoms with van der Waals surface area (Å²) in [6.45, 7) is 3.63. The third-order valence-electron chi connectivity index (χ3n) is 2.12. The number of ether oxygens (including phenoxy) is 1. The van der Waals surface area contributed by atoms with Crippen molar-refractivity contribution in [2.24, 2.45) is 0 Å². The zero-order valence-corrected chi connectivity index (χ0v) is 9.11. The van der Waals surface area contributed by atoms with E-state index in [0.29, 0.717) is 12.5 Å². The summed E-state index contributed by atoms with van der Waals surface area (Å²) in [5, 5.41) is 17.2. The van der Waals surface area contributed by atoms with Crippen LogP contribution in [0.3, 0.4) is 0 Å². The van der Waals surface area contributed by atoms with Gasteiger partial charge in [0.05, 0.1) is 5.60 Å². The van der Waals surface area contributed by atoms with Gasteiger partial charge in [0.2, 0.25) is 0 Å². The van der Waals surface area contributed by atoms with Crippen LogP contribution < -0.4 is 0 Å². The fourth-order valence-corrected chi connectivity index (χ4v) is 0.928. The molecule has 86 valence electrons. The van der Waals surface area contributed by atoms with Gasteiger partial charge in [0, 0.05) is 18.8 Å². The maximum Gasteiger partial charge on any atom is 0.331 e. The second-order valence-corrected chi connectivity index (χ2v) is 3.78. The van der Waals surface area contributed by atoms with E-state index in [-0.39, 0.29) is 12.0 Å². The van der Waals surface area contributed by atoms with Crippen molar-refractivity contribution >= 4 is 11.9 Å². The van der Waals surface area contributed by atoms with Crippen LogP contribution in [0.4, 0.5) is 0 Å². The summed E-state index contributed by atoms with van der Waals surface area (Å²) in [5.41, 5.74) is -0.569. The van der Waals surface area contributed by atoms with Gasteiger partial charge >= 0.3 is 11.9 Å². The van der Waals surface area contributed by atoms with Gasteiger partial charge in [0.25, 0.3) is 0 Å². The van der Waals surface area contributed by atoms with Crippen LogP contribution in [0, 0.1) is 0 Å². The van der Waals surface area contributed by atoms with Gasteiger partial charge in [0.1, 0.15) is 0 Å². The van der Waals surface area contributed by atoms with Crippen molar-refractivity contribution in [1.82, 2.24) is 0 Å². The van der Waals surface area contributed by atoms with Gasteiger partial charge in [-0.25, -0.2) is 9.59 Å². The predicted molar refractivity (Wildman–Crippen MR) is 53.7 cm³/mol. The Kier molecular flexibility index (Phi) is 5.00. The molecule has 0 fully saturated rings. The summed E-state index contributed by atoms with van der Waals surface area (Å²) in [7, 11) is 1.53. The molecule has 0 aromatic heterocycles. The molecule has 0 radical (unpaired) electrons. The Morgan fingerprint density at radius 2 is 1.87 bits per heavy atom. The molecule has 0 rings (SSSR count). The first-order chi connectivity index (χ1) is 6.78. The highest BCUT2D eigenvalue weighted by molar-refractivity contribution is 5.94. The van der Waals surface area contributed by atoms with Crippen LogP contribution in [0.1, 0.15) is 26.7 Å². The third kappa shape index (κ3) is 5.85. The van der Waals surface area contributed by atoms with Gasteiger partial charge in [-0.15, -0.1) is 0 Å². The van der Waals surface area contributed by atoms with Crippen LogP contribution in [-0.4, -0.2) is 34.9 Å². The average Bonchev–Trinajstić information content (AvgIpc) is 2.11. The summed E-state index contributed by atoms with van der Waals surface area (Å²) in [5.74, 6) is -2.45. The Labute approximate surface area is 88.4 Å². The molecule has 0 atom stereocenters. The zero-order valence-electron chi connectivity index (χ0n) is 9.11. The smallest absolute Gasteiger partial charge is 0.331 e. The van der Waals surface area contributed by atoms with E-state index in [4.69, 9.17) is 14.9 Å². The first-order valence-electron chi connectivity index (χ1n) is 4.50. The van der Waals surface area contributed by atoms with Gasteiger partial charge in [-0.1, -0.05) is 0 Å². The average molecular weight is 216 g/mol. The van der Waals surface area contributed by atoms with E-state index in [9.17, 15) is 9.59 Å². The van der Waals surface area contributed by atoms with Crippen molar-refractivity contribution in [1.29, 1.82) is 0 Å². The molecule has 0 spiro atoms. The van der Waals surface area contributed by atoms with E-state index in [1.165, 1.54) is 7.11 Å². The molecule has 5 nitrogen and oxygen atoms in total. The number of carboxylic acid groups (broad SMARTS) is 2. The molecule has 0 unspecified atom stereocenters. The second kappa shape index (κ2) is 5.50. The summed E-state index contributed by atoms with van der Waals surface area (Å²) >= 11 is 0. The van der Waals surface area contributed by atoms with Crippen molar-refractivity contribution in [3.8, 4) is 0 Å². The fourth-order valence-electron chi connectivity index (χ4n) is 0.928. The molecule has 0 aromatic carbocycles. The maximum absolute atomic E-state index is 10.7. The highest BCUT2D eigenvalue weighted by Crippen LogP contribution is 2.19. The predicted octanol–water partition coefficient (Wildman–Crippen LogP) is 1.29. The van der Waals surface area contributed by atoms with Crippen molar-refractivity contribution in [2.45, 2.75) is 32.3 Å². The summed E-state index contributed by atoms with van der Waals surface area (Å²) < 4.78 is 5.11. The van der Waals surface area contributed by atoms with E-state index < -0.39 is 17.5 Å². The van der Waals surface area contributed by atoms with Gasteiger partial charge < -0.3 is 14.9 Å². The van der Waals surface area contributed by atoms with Crippen LogP contribution in [0.15, 0.2) is 11.6 Å². The molecule has 0 bridgehead atoms. The molecule has 0 saturated heterocycles. The Hall–Kier alpha value is -1.36. The SMILES string of the molecule is COC(C)(C)CC/C(=C/C(=O)O)C(=O)O. The normalized spacial score (nSPS) is 12.6. The quantitative estimate of drug-likeness (QED) is 0.653. The number of hydrogen-bond acceptors (Lipinski definition) is 3. The Morgan fingerprint density at radius 3 is 2.20 bits per heavy atom. The highest BCUT2D eigenvalue weighted by atomic mass is 16.5. The Bertz CT molecular complexity index is 278. The lowest BCUT2D eigenvalue weighted by Crippen LogP contribution is -2.23. The summed E-state index contributed by atoms with van der Waals surface area (Å²) in [6.07, 6.45) is 1.34. The van der Waals surface area contributed by atoms with E-state index in [0.717, 1.165) is 0 Å². The van der Waals surface area contributed by atoms with E-state index >= 15 is 0 Å². The molecule has 0 aliphatic heterocycles. The lowest BCUT2D eigenvalue weighted by Gasteiger charge is -2.22. The number of hydrogen-bond donors (Lipinski definition) is 2. The first kappa shape index (κ1) is 13.6. The molecule has 0 aliphatic rings. The van der Waals surface area contributed by atoms with Gasteiger partial charge in [-0.2, -0.15) is 0 Å². The molecule has 0 saturated carbocycles. The lowest BCUT2D eigenvalue weighted by atomic mass is 9.98. The molecule has 15 heavy (non-hydrogen) atoms. The minimum absolute atomic E-state index is 0.118. The van der Waals surface area contributed by atoms with Crippen molar-refractivity contribution in [3.63, 3.8) is 0 Å². The Balaban J connectivity index is 4.46. The standard InChI is InChI=1S/C10H16O5/c1-10(2,15-3)5-4-7(9(13)14)6-8(11)12/h6H,4-5H2,1-3H3,(H,11,12)(H,13,14)/b7-6-. The van der Waals surface area contributed by atoms with E-state index in [2.05, 4.69) is 0 Å². The van der Waals surface area contributed by atoms with Crippen LogP contribution >= 0.6 is 0 Å². The molecular weight excluding hydrogens is 200 g/mol. The molecular formula is C10H16O5. The van der Waals surface area contributed by atoms with Crippen molar-refractivity contribution < 1.29 is 24.5 Å². The first-order valence-corrected chi connectivity index (χ1v) is 4.50. The third-order valence-corrected chi connectivity index (χ3v) is 2.12. The van der Waals surface area contributed by atoms with Gasteiger partial charge in [-0.05, 0) is 26.7 Å². The van der Waals surface area contributed by atoms with Crippen LogP contribution in [0.5, 0.6) is 0 Å². The number of carbonyl (C=O) groups is 2. The summed E-state index contributed by atoms with van der Waals surface area (Å²) in [4.78, 5) is 21.0. The summed E-state index contributed by atoms with van der Waals surface area (Å²) in [6, 6.07) is 0. The minimum Gasteiger partial charge on any atom is -0.478 e. The van der Waals surface area contributed by atoms with Gasteiger partial charge in [0.15, 0.2) is 0 Å². The van der Waals surface area contributed by atoms with Crippen LogP contribution in [0.2, 0.25) is 0 Å². The zero-order chi connectivity index (χ0) is 12.1. The number of aliphatic carboxylic acids is 2. The molecule has 0 aliphatic carbocycles. The lowest BCUT2D eigenvalue weighted by molar-refractivity contribution is -0.135. The number of rotatable bonds is 6.